The second-order valence-electron chi connectivity index (χ2n) is 4.25. The zero-order valence-electron chi connectivity index (χ0n) is 9.15. The van der Waals surface area contributed by atoms with Crippen LogP contribution < -0.4 is 10.9 Å². The molecule has 1 aromatic heterocycles. The highest BCUT2D eigenvalue weighted by Crippen LogP contribution is 2.26. The minimum Gasteiger partial charge on any atom is -0.317 e. The van der Waals surface area contributed by atoms with E-state index in [-0.39, 0.29) is 5.56 Å². The van der Waals surface area contributed by atoms with E-state index in [9.17, 15) is 4.79 Å². The van der Waals surface area contributed by atoms with Crippen LogP contribution in [-0.4, -0.2) is 17.7 Å². The van der Waals surface area contributed by atoms with Crippen molar-refractivity contribution in [2.75, 3.05) is 7.05 Å². The predicted molar refractivity (Wildman–Crippen MR) is 61.1 cm³/mol. The van der Waals surface area contributed by atoms with Gasteiger partial charge in [0.25, 0.3) is 5.56 Å². The smallest absolute Gasteiger partial charge is 0.250 e. The van der Waals surface area contributed by atoms with E-state index in [1.807, 2.05) is 23.9 Å². The lowest BCUT2D eigenvalue weighted by Gasteiger charge is -2.30. The van der Waals surface area contributed by atoms with Gasteiger partial charge < -0.3 is 9.88 Å². The molecule has 2 unspecified atom stereocenters. The molecule has 0 saturated heterocycles. The molecule has 82 valence electrons. The van der Waals surface area contributed by atoms with E-state index in [0.717, 1.165) is 12.8 Å². The number of aromatic nitrogens is 1. The van der Waals surface area contributed by atoms with Gasteiger partial charge in [-0.15, -0.1) is 0 Å². The summed E-state index contributed by atoms with van der Waals surface area (Å²) in [7, 11) is 2.00. The highest BCUT2D eigenvalue weighted by atomic mass is 16.1. The Morgan fingerprint density at radius 2 is 2.27 bits per heavy atom. The van der Waals surface area contributed by atoms with Crippen LogP contribution in [0.3, 0.4) is 0 Å². The molecule has 15 heavy (non-hydrogen) atoms. The van der Waals surface area contributed by atoms with E-state index in [1.165, 1.54) is 12.8 Å². The van der Waals surface area contributed by atoms with E-state index in [4.69, 9.17) is 0 Å². The monoisotopic (exact) mass is 206 g/mol. The molecule has 1 aromatic rings. The summed E-state index contributed by atoms with van der Waals surface area (Å²) in [6, 6.07) is 6.32. The van der Waals surface area contributed by atoms with Crippen LogP contribution in [0.1, 0.15) is 31.7 Å². The average molecular weight is 206 g/mol. The summed E-state index contributed by atoms with van der Waals surface area (Å²) in [6.45, 7) is 0. The Morgan fingerprint density at radius 3 is 3.00 bits per heavy atom. The quantitative estimate of drug-likeness (QED) is 0.796. The second-order valence-corrected chi connectivity index (χ2v) is 4.25. The molecule has 0 bridgehead atoms. The highest BCUT2D eigenvalue weighted by molar-refractivity contribution is 4.96. The van der Waals surface area contributed by atoms with E-state index in [1.54, 1.807) is 12.1 Å². The minimum atomic E-state index is 0.124. The molecule has 1 N–H and O–H groups in total. The molecule has 1 aliphatic rings. The third kappa shape index (κ3) is 2.29. The molecule has 1 aliphatic carbocycles. The van der Waals surface area contributed by atoms with Gasteiger partial charge in [0.2, 0.25) is 0 Å². The fraction of sp³-hybridized carbons (Fsp3) is 0.583. The Labute approximate surface area is 90.1 Å². The summed E-state index contributed by atoms with van der Waals surface area (Å²) >= 11 is 0. The molecular formula is C12H18N2O. The SMILES string of the molecule is CNC1CCCC(n2ccccc2=O)C1. The van der Waals surface area contributed by atoms with Gasteiger partial charge in [0.05, 0.1) is 0 Å². The zero-order valence-corrected chi connectivity index (χ0v) is 9.15. The van der Waals surface area contributed by atoms with Gasteiger partial charge >= 0.3 is 0 Å². The Morgan fingerprint density at radius 1 is 1.40 bits per heavy atom. The summed E-state index contributed by atoms with van der Waals surface area (Å²) < 4.78 is 1.88. The second kappa shape index (κ2) is 4.62. The van der Waals surface area contributed by atoms with Gasteiger partial charge in [0, 0.05) is 24.3 Å². The number of rotatable bonds is 2. The fourth-order valence-corrected chi connectivity index (χ4v) is 2.42. The van der Waals surface area contributed by atoms with E-state index in [0.29, 0.717) is 12.1 Å². The van der Waals surface area contributed by atoms with Crippen LogP contribution in [0.2, 0.25) is 0 Å². The summed E-state index contributed by atoms with van der Waals surface area (Å²) in [6.07, 6.45) is 6.54. The molecule has 1 fully saturated rings. The maximum absolute atomic E-state index is 11.7. The molecule has 0 radical (unpaired) electrons. The van der Waals surface area contributed by atoms with Crippen LogP contribution in [0.4, 0.5) is 0 Å². The van der Waals surface area contributed by atoms with Crippen LogP contribution in [0.25, 0.3) is 0 Å². The molecule has 0 aromatic carbocycles. The van der Waals surface area contributed by atoms with Crippen molar-refractivity contribution in [2.45, 2.75) is 37.8 Å². The van der Waals surface area contributed by atoms with Gasteiger partial charge in [-0.25, -0.2) is 0 Å². The Kier molecular flexibility index (Phi) is 3.21. The van der Waals surface area contributed by atoms with Gasteiger partial charge in [0.15, 0.2) is 0 Å². The lowest BCUT2D eigenvalue weighted by Crippen LogP contribution is -2.35. The van der Waals surface area contributed by atoms with Crippen LogP contribution in [0, 0.1) is 0 Å². The highest BCUT2D eigenvalue weighted by Gasteiger charge is 2.22. The first-order valence-corrected chi connectivity index (χ1v) is 5.65. The van der Waals surface area contributed by atoms with E-state index < -0.39 is 0 Å². The third-order valence-corrected chi connectivity index (χ3v) is 3.30. The molecule has 1 saturated carbocycles. The number of nitrogens with zero attached hydrogens (tertiary/aromatic N) is 1. The summed E-state index contributed by atoms with van der Waals surface area (Å²) in [4.78, 5) is 11.7. The first-order chi connectivity index (χ1) is 7.31. The van der Waals surface area contributed by atoms with Crippen LogP contribution in [0.5, 0.6) is 0 Å². The standard InChI is InChI=1S/C12H18N2O/c1-13-10-5-4-6-11(9-10)14-8-3-2-7-12(14)15/h2-3,7-8,10-11,13H,4-6,9H2,1H3. The van der Waals surface area contributed by atoms with Crippen molar-refractivity contribution in [3.05, 3.63) is 34.7 Å². The first kappa shape index (κ1) is 10.4. The maximum atomic E-state index is 11.7. The van der Waals surface area contributed by atoms with Crippen LogP contribution in [0.15, 0.2) is 29.2 Å². The predicted octanol–water partition coefficient (Wildman–Crippen LogP) is 1.55. The van der Waals surface area contributed by atoms with Crippen molar-refractivity contribution in [1.29, 1.82) is 0 Å². The molecule has 0 aliphatic heterocycles. The lowest BCUT2D eigenvalue weighted by molar-refractivity contribution is 0.290. The Balaban J connectivity index is 2.17. The lowest BCUT2D eigenvalue weighted by atomic mass is 9.91. The summed E-state index contributed by atoms with van der Waals surface area (Å²) in [5, 5.41) is 3.31. The van der Waals surface area contributed by atoms with Crippen molar-refractivity contribution >= 4 is 0 Å². The normalized spacial score (nSPS) is 26.5. The van der Waals surface area contributed by atoms with E-state index in [2.05, 4.69) is 5.32 Å². The van der Waals surface area contributed by atoms with Gasteiger partial charge in [0.1, 0.15) is 0 Å². The van der Waals surface area contributed by atoms with Gasteiger partial charge in [-0.1, -0.05) is 6.07 Å². The number of pyridine rings is 1. The van der Waals surface area contributed by atoms with Gasteiger partial charge in [-0.3, -0.25) is 4.79 Å². The molecular weight excluding hydrogens is 188 g/mol. The van der Waals surface area contributed by atoms with Gasteiger partial charge in [-0.2, -0.15) is 0 Å². The number of nitrogens with one attached hydrogen (secondary N) is 1. The van der Waals surface area contributed by atoms with E-state index >= 15 is 0 Å². The third-order valence-electron chi connectivity index (χ3n) is 3.30. The topological polar surface area (TPSA) is 34.0 Å². The molecule has 3 heteroatoms. The Bertz CT molecular complexity index is 372. The molecule has 0 spiro atoms. The zero-order chi connectivity index (χ0) is 10.7. The van der Waals surface area contributed by atoms with Gasteiger partial charge in [-0.05, 0) is 38.8 Å². The molecule has 3 nitrogen and oxygen atoms in total. The Hall–Kier alpha value is -1.09. The molecule has 2 atom stereocenters. The van der Waals surface area contributed by atoms with Crippen molar-refractivity contribution in [3.8, 4) is 0 Å². The molecule has 1 heterocycles. The first-order valence-electron chi connectivity index (χ1n) is 5.65. The summed E-state index contributed by atoms with van der Waals surface area (Å²) in [5.41, 5.74) is 0.124. The minimum absolute atomic E-state index is 0.124. The average Bonchev–Trinajstić information content (AvgIpc) is 2.30. The van der Waals surface area contributed by atoms with Crippen molar-refractivity contribution in [2.24, 2.45) is 0 Å². The number of hydrogen-bond acceptors (Lipinski definition) is 2. The number of hydrogen-bond donors (Lipinski definition) is 1. The fourth-order valence-electron chi connectivity index (χ4n) is 2.42. The molecule has 2 rings (SSSR count). The van der Waals surface area contributed by atoms with Crippen LogP contribution >= 0.6 is 0 Å². The largest absolute Gasteiger partial charge is 0.317 e. The maximum Gasteiger partial charge on any atom is 0.250 e. The summed E-state index contributed by atoms with van der Waals surface area (Å²) in [5.74, 6) is 0. The van der Waals surface area contributed by atoms with Crippen molar-refractivity contribution < 1.29 is 0 Å². The van der Waals surface area contributed by atoms with Crippen molar-refractivity contribution in [3.63, 3.8) is 0 Å². The van der Waals surface area contributed by atoms with Crippen LogP contribution in [-0.2, 0) is 0 Å². The molecule has 0 amide bonds. The van der Waals surface area contributed by atoms with Crippen molar-refractivity contribution in [1.82, 2.24) is 9.88 Å².